The molecular weight excluding hydrogens is 286 g/mol. The first kappa shape index (κ1) is 16.8. The Kier molecular flexibility index (Phi) is 5.98. The molecule has 0 fully saturated rings. The average molecular weight is 309 g/mol. The molecule has 0 aliphatic carbocycles. The van der Waals surface area contributed by atoms with Crippen LogP contribution in [0.4, 0.5) is 0 Å². The first-order chi connectivity index (χ1) is 11.2. The number of rotatable bonds is 6. The number of hydrogen-bond donors (Lipinski definition) is 1. The summed E-state index contributed by atoms with van der Waals surface area (Å²) in [5.74, 6) is 0.699. The van der Waals surface area contributed by atoms with Crippen LogP contribution in [0.25, 0.3) is 0 Å². The van der Waals surface area contributed by atoms with Crippen LogP contribution < -0.4 is 10.1 Å². The van der Waals surface area contributed by atoms with Crippen molar-refractivity contribution in [2.75, 3.05) is 7.11 Å². The number of amides is 1. The van der Waals surface area contributed by atoms with E-state index in [9.17, 15) is 4.79 Å². The molecular formula is C20H23NO2. The molecule has 3 heteroatoms. The summed E-state index contributed by atoms with van der Waals surface area (Å²) in [5, 5.41) is 3.12. The Bertz CT molecular complexity index is 677. The van der Waals surface area contributed by atoms with Crippen molar-refractivity contribution in [1.29, 1.82) is 0 Å². The minimum absolute atomic E-state index is 0.0633. The van der Waals surface area contributed by atoms with Gasteiger partial charge in [-0.05, 0) is 25.0 Å². The van der Waals surface area contributed by atoms with Crippen LogP contribution in [0.15, 0.2) is 66.2 Å². The number of benzene rings is 2. The van der Waals surface area contributed by atoms with Crippen LogP contribution in [0, 0.1) is 0 Å². The summed E-state index contributed by atoms with van der Waals surface area (Å²) in [6.45, 7) is 3.86. The molecule has 0 aliphatic rings. The highest BCUT2D eigenvalue weighted by atomic mass is 16.5. The van der Waals surface area contributed by atoms with E-state index in [-0.39, 0.29) is 11.9 Å². The van der Waals surface area contributed by atoms with Gasteiger partial charge < -0.3 is 10.1 Å². The van der Waals surface area contributed by atoms with Crippen LogP contribution >= 0.6 is 0 Å². The zero-order valence-electron chi connectivity index (χ0n) is 13.9. The molecule has 1 unspecified atom stereocenters. The third kappa shape index (κ3) is 4.22. The zero-order valence-corrected chi connectivity index (χ0v) is 13.9. The Morgan fingerprint density at radius 1 is 1.13 bits per heavy atom. The van der Waals surface area contributed by atoms with E-state index >= 15 is 0 Å². The normalized spacial score (nSPS) is 12.6. The van der Waals surface area contributed by atoms with Crippen LogP contribution in [0.5, 0.6) is 5.75 Å². The number of methoxy groups -OCH3 is 1. The van der Waals surface area contributed by atoms with Gasteiger partial charge in [0.05, 0.1) is 13.2 Å². The van der Waals surface area contributed by atoms with E-state index in [1.54, 1.807) is 7.11 Å². The Labute approximate surface area is 138 Å². The van der Waals surface area contributed by atoms with Crippen molar-refractivity contribution in [1.82, 2.24) is 5.32 Å². The van der Waals surface area contributed by atoms with E-state index in [1.807, 2.05) is 74.5 Å². The first-order valence-electron chi connectivity index (χ1n) is 7.82. The van der Waals surface area contributed by atoms with Crippen molar-refractivity contribution >= 4 is 5.91 Å². The smallest absolute Gasteiger partial charge is 0.247 e. The van der Waals surface area contributed by atoms with Crippen molar-refractivity contribution < 1.29 is 9.53 Å². The van der Waals surface area contributed by atoms with Gasteiger partial charge in [-0.25, -0.2) is 0 Å². The number of carbonyl (C=O) groups excluding carboxylic acids is 1. The zero-order chi connectivity index (χ0) is 16.7. The lowest BCUT2D eigenvalue weighted by molar-refractivity contribution is -0.117. The van der Waals surface area contributed by atoms with Gasteiger partial charge in [0.15, 0.2) is 0 Å². The van der Waals surface area contributed by atoms with Gasteiger partial charge in [0.1, 0.15) is 5.75 Å². The summed E-state index contributed by atoms with van der Waals surface area (Å²) in [6.07, 6.45) is 2.77. The van der Waals surface area contributed by atoms with Crippen molar-refractivity contribution in [3.8, 4) is 5.75 Å². The Morgan fingerprint density at radius 2 is 1.78 bits per heavy atom. The maximum Gasteiger partial charge on any atom is 0.247 e. The summed E-state index contributed by atoms with van der Waals surface area (Å²) in [5.41, 5.74) is 2.69. The summed E-state index contributed by atoms with van der Waals surface area (Å²) in [4.78, 5) is 12.5. The van der Waals surface area contributed by atoms with Gasteiger partial charge in [0.25, 0.3) is 0 Å². The van der Waals surface area contributed by atoms with Gasteiger partial charge in [0.2, 0.25) is 5.91 Å². The monoisotopic (exact) mass is 309 g/mol. The number of ether oxygens (including phenoxy) is 1. The van der Waals surface area contributed by atoms with Gasteiger partial charge in [-0.15, -0.1) is 0 Å². The predicted octanol–water partition coefficient (Wildman–Crippen LogP) is 4.26. The maximum absolute atomic E-state index is 12.5. The van der Waals surface area contributed by atoms with Crippen molar-refractivity contribution in [3.05, 3.63) is 77.4 Å². The van der Waals surface area contributed by atoms with Gasteiger partial charge in [-0.2, -0.15) is 0 Å². The molecule has 0 spiro atoms. The summed E-state index contributed by atoms with van der Waals surface area (Å²) in [6, 6.07) is 17.4. The molecule has 120 valence electrons. The molecule has 2 aromatic carbocycles. The van der Waals surface area contributed by atoms with E-state index < -0.39 is 0 Å². The lowest BCUT2D eigenvalue weighted by Gasteiger charge is -2.22. The lowest BCUT2D eigenvalue weighted by atomic mass is 9.97. The maximum atomic E-state index is 12.5. The molecule has 0 bridgehead atoms. The number of para-hydroxylation sites is 1. The fourth-order valence-corrected chi connectivity index (χ4v) is 2.53. The number of hydrogen-bond acceptors (Lipinski definition) is 2. The average Bonchev–Trinajstić information content (AvgIpc) is 2.60. The van der Waals surface area contributed by atoms with Crippen LogP contribution in [-0.4, -0.2) is 13.0 Å². The minimum Gasteiger partial charge on any atom is -0.496 e. The molecule has 2 aromatic rings. The van der Waals surface area contributed by atoms with Gasteiger partial charge in [-0.1, -0.05) is 61.5 Å². The molecule has 0 aliphatic heterocycles. The Morgan fingerprint density at radius 3 is 2.43 bits per heavy atom. The van der Waals surface area contributed by atoms with E-state index in [1.165, 1.54) is 0 Å². The molecule has 23 heavy (non-hydrogen) atoms. The van der Waals surface area contributed by atoms with Crippen molar-refractivity contribution in [2.24, 2.45) is 0 Å². The fourth-order valence-electron chi connectivity index (χ4n) is 2.53. The topological polar surface area (TPSA) is 38.3 Å². The number of nitrogens with one attached hydrogen (secondary N) is 1. The molecule has 0 aromatic heterocycles. The predicted molar refractivity (Wildman–Crippen MR) is 93.5 cm³/mol. The van der Waals surface area contributed by atoms with Crippen LogP contribution in [0.1, 0.15) is 37.4 Å². The lowest BCUT2D eigenvalue weighted by Crippen LogP contribution is -2.30. The fraction of sp³-hybridized carbons (Fsp3) is 0.250. The molecule has 0 heterocycles. The molecule has 1 amide bonds. The number of allylic oxidation sites excluding steroid dienone is 1. The molecule has 0 saturated heterocycles. The summed E-state index contributed by atoms with van der Waals surface area (Å²) < 4.78 is 5.47. The summed E-state index contributed by atoms with van der Waals surface area (Å²) in [7, 11) is 1.64. The van der Waals surface area contributed by atoms with E-state index in [2.05, 4.69) is 5.32 Å². The Balaban J connectivity index is 2.41. The third-order valence-corrected chi connectivity index (χ3v) is 3.73. The van der Waals surface area contributed by atoms with Crippen molar-refractivity contribution in [3.63, 3.8) is 0 Å². The van der Waals surface area contributed by atoms with Crippen LogP contribution in [-0.2, 0) is 4.79 Å². The highest BCUT2D eigenvalue weighted by Crippen LogP contribution is 2.30. The molecule has 2 rings (SSSR count). The van der Waals surface area contributed by atoms with Gasteiger partial charge in [-0.3, -0.25) is 4.79 Å². The largest absolute Gasteiger partial charge is 0.496 e. The number of carbonyl (C=O) groups is 1. The quantitative estimate of drug-likeness (QED) is 0.810. The molecule has 1 atom stereocenters. The van der Waals surface area contributed by atoms with Gasteiger partial charge in [0, 0.05) is 11.1 Å². The first-order valence-corrected chi connectivity index (χ1v) is 7.82. The third-order valence-electron chi connectivity index (χ3n) is 3.73. The summed E-state index contributed by atoms with van der Waals surface area (Å²) >= 11 is 0. The Hall–Kier alpha value is -2.55. The van der Waals surface area contributed by atoms with Crippen LogP contribution in [0.3, 0.4) is 0 Å². The standard InChI is InChI=1S/C20H23NO2/c1-4-10-15(2)20(22)21-19(16-11-6-5-7-12-16)17-13-8-9-14-18(17)23-3/h5-14,19H,4H2,1-3H3,(H,21,22)/b15-10-. The minimum atomic E-state index is -0.250. The second kappa shape index (κ2) is 8.18. The molecule has 3 nitrogen and oxygen atoms in total. The second-order valence-corrected chi connectivity index (χ2v) is 5.35. The highest BCUT2D eigenvalue weighted by Gasteiger charge is 2.20. The molecule has 1 N–H and O–H groups in total. The molecule has 0 radical (unpaired) electrons. The van der Waals surface area contributed by atoms with E-state index in [0.717, 1.165) is 28.9 Å². The highest BCUT2D eigenvalue weighted by molar-refractivity contribution is 5.93. The van der Waals surface area contributed by atoms with Crippen molar-refractivity contribution in [2.45, 2.75) is 26.3 Å². The second-order valence-electron chi connectivity index (χ2n) is 5.35. The van der Waals surface area contributed by atoms with E-state index in [0.29, 0.717) is 0 Å². The molecule has 0 saturated carbocycles. The SMILES string of the molecule is CC/C=C(/C)C(=O)NC(c1ccccc1)c1ccccc1OC. The van der Waals surface area contributed by atoms with Gasteiger partial charge >= 0.3 is 0 Å². The van der Waals surface area contributed by atoms with Crippen LogP contribution in [0.2, 0.25) is 0 Å². The van der Waals surface area contributed by atoms with E-state index in [4.69, 9.17) is 4.74 Å².